The van der Waals surface area contributed by atoms with Gasteiger partial charge in [-0.05, 0) is 24.6 Å². The van der Waals surface area contributed by atoms with Crippen LogP contribution in [0.4, 0.5) is 0 Å². The average Bonchev–Trinajstić information content (AvgIpc) is 2.87. The highest BCUT2D eigenvalue weighted by Gasteiger charge is 2.09. The summed E-state index contributed by atoms with van der Waals surface area (Å²) in [5, 5.41) is 3.93. The van der Waals surface area contributed by atoms with Gasteiger partial charge >= 0.3 is 0 Å². The average molecular weight is 261 g/mol. The first-order chi connectivity index (χ1) is 9.28. The summed E-state index contributed by atoms with van der Waals surface area (Å²) in [5.41, 5.74) is 5.56. The molecule has 0 amide bonds. The first-order valence-electron chi connectivity index (χ1n) is 6.47. The summed E-state index contributed by atoms with van der Waals surface area (Å²) in [7, 11) is 0. The van der Waals surface area contributed by atoms with Crippen LogP contribution in [0.15, 0.2) is 34.9 Å². The molecule has 2 N–H and O–H groups in total. The zero-order chi connectivity index (χ0) is 13.5. The number of ether oxygens (including phenoxy) is 1. The molecule has 0 aliphatic heterocycles. The zero-order valence-corrected chi connectivity index (χ0v) is 11.1. The molecule has 1 atom stereocenters. The van der Waals surface area contributed by atoms with Gasteiger partial charge in [0.1, 0.15) is 5.75 Å². The second kappa shape index (κ2) is 6.89. The molecule has 0 aliphatic carbocycles. The lowest BCUT2D eigenvalue weighted by atomic mass is 10.1. The minimum absolute atomic E-state index is 0.355. The maximum absolute atomic E-state index is 5.58. The van der Waals surface area contributed by atoms with Crippen molar-refractivity contribution in [2.75, 3.05) is 13.2 Å². The highest BCUT2D eigenvalue weighted by atomic mass is 16.5. The molecule has 0 saturated heterocycles. The molecule has 0 aliphatic rings. The van der Waals surface area contributed by atoms with E-state index in [2.05, 4.69) is 17.1 Å². The smallest absolute Gasteiger partial charge is 0.226 e. The van der Waals surface area contributed by atoms with Gasteiger partial charge in [0, 0.05) is 12.8 Å². The van der Waals surface area contributed by atoms with Crippen LogP contribution in [0.5, 0.6) is 5.75 Å². The molecular formula is C14H19N3O2. The molecule has 1 aromatic heterocycles. The van der Waals surface area contributed by atoms with Gasteiger partial charge in [0.15, 0.2) is 5.82 Å². The number of benzene rings is 1. The Balaban J connectivity index is 1.77. The van der Waals surface area contributed by atoms with Crippen LogP contribution in [0, 0.1) is 5.92 Å². The third-order valence-corrected chi connectivity index (χ3v) is 2.77. The lowest BCUT2D eigenvalue weighted by Gasteiger charge is -2.03. The van der Waals surface area contributed by atoms with Crippen LogP contribution in [0.25, 0.3) is 0 Å². The number of para-hydroxylation sites is 1. The summed E-state index contributed by atoms with van der Waals surface area (Å²) in [6.07, 6.45) is 1.36. The van der Waals surface area contributed by atoms with Gasteiger partial charge in [0.25, 0.3) is 0 Å². The quantitative estimate of drug-likeness (QED) is 0.823. The van der Waals surface area contributed by atoms with E-state index < -0.39 is 0 Å². The molecule has 0 bridgehead atoms. The molecule has 5 nitrogen and oxygen atoms in total. The Morgan fingerprint density at radius 2 is 2.11 bits per heavy atom. The van der Waals surface area contributed by atoms with Crippen molar-refractivity contribution < 1.29 is 9.26 Å². The van der Waals surface area contributed by atoms with E-state index in [0.717, 1.165) is 12.2 Å². The Kier molecular flexibility index (Phi) is 4.92. The van der Waals surface area contributed by atoms with Gasteiger partial charge in [-0.1, -0.05) is 30.3 Å². The molecule has 1 heterocycles. The molecule has 19 heavy (non-hydrogen) atoms. The van der Waals surface area contributed by atoms with Crippen LogP contribution in [0.3, 0.4) is 0 Å². The van der Waals surface area contributed by atoms with Crippen LogP contribution < -0.4 is 10.5 Å². The number of nitrogens with two attached hydrogens (primary N) is 1. The van der Waals surface area contributed by atoms with Gasteiger partial charge in [0.05, 0.1) is 6.61 Å². The number of hydrogen-bond donors (Lipinski definition) is 1. The molecule has 1 aromatic carbocycles. The Bertz CT molecular complexity index is 484. The van der Waals surface area contributed by atoms with Gasteiger partial charge < -0.3 is 15.0 Å². The zero-order valence-electron chi connectivity index (χ0n) is 11.1. The van der Waals surface area contributed by atoms with Crippen LogP contribution >= 0.6 is 0 Å². The highest BCUT2D eigenvalue weighted by molar-refractivity contribution is 5.20. The predicted octanol–water partition coefficient (Wildman–Crippen LogP) is 1.83. The maximum atomic E-state index is 5.58. The molecule has 0 saturated carbocycles. The van der Waals surface area contributed by atoms with E-state index in [1.807, 2.05) is 30.3 Å². The fourth-order valence-electron chi connectivity index (χ4n) is 1.63. The minimum atomic E-state index is 0.355. The Morgan fingerprint density at radius 1 is 1.32 bits per heavy atom. The van der Waals surface area contributed by atoms with E-state index >= 15 is 0 Å². The van der Waals surface area contributed by atoms with E-state index in [0.29, 0.717) is 37.2 Å². The summed E-state index contributed by atoms with van der Waals surface area (Å²) in [4.78, 5) is 4.32. The molecule has 0 fully saturated rings. The van der Waals surface area contributed by atoms with Crippen LogP contribution in [-0.4, -0.2) is 23.3 Å². The van der Waals surface area contributed by atoms with E-state index in [-0.39, 0.29) is 0 Å². The summed E-state index contributed by atoms with van der Waals surface area (Å²) >= 11 is 0. The first-order valence-corrected chi connectivity index (χ1v) is 6.47. The predicted molar refractivity (Wildman–Crippen MR) is 71.9 cm³/mol. The molecule has 1 unspecified atom stereocenters. The molecule has 2 rings (SSSR count). The minimum Gasteiger partial charge on any atom is -0.493 e. The summed E-state index contributed by atoms with van der Waals surface area (Å²) < 4.78 is 10.7. The Labute approximate surface area is 112 Å². The fourth-order valence-corrected chi connectivity index (χ4v) is 1.63. The van der Waals surface area contributed by atoms with Gasteiger partial charge in [-0.15, -0.1) is 0 Å². The van der Waals surface area contributed by atoms with E-state index in [9.17, 15) is 0 Å². The van der Waals surface area contributed by atoms with Crippen LogP contribution in [0.2, 0.25) is 0 Å². The van der Waals surface area contributed by atoms with Crippen molar-refractivity contribution in [1.29, 1.82) is 0 Å². The van der Waals surface area contributed by atoms with E-state index in [1.165, 1.54) is 0 Å². The van der Waals surface area contributed by atoms with Crippen molar-refractivity contribution in [2.24, 2.45) is 11.7 Å². The maximum Gasteiger partial charge on any atom is 0.226 e. The standard InChI is InChI=1S/C14H19N3O2/c1-11(10-15)9-14-16-13(17-19-14)7-8-18-12-5-3-2-4-6-12/h2-6,11H,7-10,15H2,1H3. The number of aromatic nitrogens is 2. The number of nitrogens with zero attached hydrogens (tertiary/aromatic N) is 2. The lowest BCUT2D eigenvalue weighted by molar-refractivity contribution is 0.312. The van der Waals surface area contributed by atoms with Crippen LogP contribution in [-0.2, 0) is 12.8 Å². The molecule has 102 valence electrons. The number of rotatable bonds is 7. The normalized spacial score (nSPS) is 12.3. The van der Waals surface area contributed by atoms with Gasteiger partial charge in [-0.25, -0.2) is 0 Å². The molecular weight excluding hydrogens is 242 g/mol. The van der Waals surface area contributed by atoms with Gasteiger partial charge in [0.2, 0.25) is 5.89 Å². The molecule has 5 heteroatoms. The monoisotopic (exact) mass is 261 g/mol. The Hall–Kier alpha value is -1.88. The third kappa shape index (κ3) is 4.37. The molecule has 2 aromatic rings. The van der Waals surface area contributed by atoms with Gasteiger partial charge in [-0.2, -0.15) is 4.98 Å². The molecule has 0 radical (unpaired) electrons. The van der Waals surface area contributed by atoms with Crippen molar-refractivity contribution >= 4 is 0 Å². The second-order valence-corrected chi connectivity index (χ2v) is 4.56. The van der Waals surface area contributed by atoms with Crippen molar-refractivity contribution in [3.05, 3.63) is 42.0 Å². The summed E-state index contributed by atoms with van der Waals surface area (Å²) in [6.45, 7) is 3.21. The van der Waals surface area contributed by atoms with Gasteiger partial charge in [-0.3, -0.25) is 0 Å². The van der Waals surface area contributed by atoms with E-state index in [1.54, 1.807) is 0 Å². The van der Waals surface area contributed by atoms with Crippen molar-refractivity contribution in [2.45, 2.75) is 19.8 Å². The topological polar surface area (TPSA) is 74.2 Å². The summed E-state index contributed by atoms with van der Waals surface area (Å²) in [6, 6.07) is 9.68. The second-order valence-electron chi connectivity index (χ2n) is 4.56. The number of hydrogen-bond acceptors (Lipinski definition) is 5. The summed E-state index contributed by atoms with van der Waals surface area (Å²) in [5.74, 6) is 2.53. The van der Waals surface area contributed by atoms with Crippen LogP contribution in [0.1, 0.15) is 18.6 Å². The first kappa shape index (κ1) is 13.5. The highest BCUT2D eigenvalue weighted by Crippen LogP contribution is 2.09. The Morgan fingerprint density at radius 3 is 2.84 bits per heavy atom. The molecule has 0 spiro atoms. The van der Waals surface area contributed by atoms with Crippen molar-refractivity contribution in [1.82, 2.24) is 10.1 Å². The van der Waals surface area contributed by atoms with Crippen molar-refractivity contribution in [3.63, 3.8) is 0 Å². The van der Waals surface area contributed by atoms with Crippen molar-refractivity contribution in [3.8, 4) is 5.75 Å². The van der Waals surface area contributed by atoms with E-state index in [4.69, 9.17) is 15.0 Å². The largest absolute Gasteiger partial charge is 0.493 e. The fraction of sp³-hybridized carbons (Fsp3) is 0.429. The SMILES string of the molecule is CC(CN)Cc1nc(CCOc2ccccc2)no1. The third-order valence-electron chi connectivity index (χ3n) is 2.77. The lowest BCUT2D eigenvalue weighted by Crippen LogP contribution is -2.13.